The number of benzene rings is 1. The van der Waals surface area contributed by atoms with Gasteiger partial charge in [0.2, 0.25) is 0 Å². The quantitative estimate of drug-likeness (QED) is 0.419. The molecule has 0 amide bonds. The van der Waals surface area contributed by atoms with Crippen LogP contribution in [0.15, 0.2) is 24.3 Å². The summed E-state index contributed by atoms with van der Waals surface area (Å²) in [6, 6.07) is 6.73. The Labute approximate surface area is 124 Å². The third-order valence-electron chi connectivity index (χ3n) is 1.52. The summed E-state index contributed by atoms with van der Waals surface area (Å²) in [5.41, 5.74) is 1.19. The maximum atomic E-state index is 11.8. The Kier molecular flexibility index (Phi) is 6.10. The maximum absolute atomic E-state index is 11.8. The summed E-state index contributed by atoms with van der Waals surface area (Å²) < 4.78 is 35.3. The molecule has 0 atom stereocenters. The minimum atomic E-state index is -5.00. The van der Waals surface area contributed by atoms with Gasteiger partial charge in [0.25, 0.3) is 0 Å². The summed E-state index contributed by atoms with van der Waals surface area (Å²) in [7, 11) is 0. The molecule has 0 spiro atoms. The van der Waals surface area contributed by atoms with Crippen molar-refractivity contribution in [1.29, 1.82) is 0 Å². The molecule has 0 N–H and O–H groups in total. The van der Waals surface area contributed by atoms with Crippen molar-refractivity contribution in [2.24, 2.45) is 0 Å². The summed E-state index contributed by atoms with van der Waals surface area (Å²) in [6.07, 6.45) is 0. The molecule has 14 heavy (non-hydrogen) atoms. The van der Waals surface area contributed by atoms with Crippen LogP contribution in [-0.4, -0.2) is 6.98 Å². The molecule has 0 radical (unpaired) electrons. The molecule has 1 aromatic carbocycles. The molecule has 0 heterocycles. The monoisotopic (exact) mass is 222 g/mol. The zero-order chi connectivity index (χ0) is 9.90. The molecule has 1 rings (SSSR count). The Bertz CT molecular complexity index is 362. The Hall–Kier alpha value is 0.271. The van der Waals surface area contributed by atoms with Crippen LogP contribution in [0.2, 0.25) is 0 Å². The topological polar surface area (TPSA) is 0 Å². The molecule has 5 heteroatoms. The molecule has 0 bridgehead atoms. The second-order valence-corrected chi connectivity index (χ2v) is 2.66. The number of hydrogen-bond donors (Lipinski definition) is 0. The van der Waals surface area contributed by atoms with Gasteiger partial charge in [-0.1, -0.05) is 18.2 Å². The molecule has 0 aromatic heterocycles. The standard InChI is InChI=1S/C9H7BF3.K/c1-8-4-2-3-5-9(8)6-7-10(11,12)13;/h2-5H,1H3;/q-1;+1. The van der Waals surface area contributed by atoms with E-state index in [1.165, 1.54) is 5.82 Å². The van der Waals surface area contributed by atoms with Gasteiger partial charge in [0.05, 0.1) is 0 Å². The smallest absolute Gasteiger partial charge is 0.438 e. The van der Waals surface area contributed by atoms with Crippen LogP contribution < -0.4 is 51.4 Å². The molecule has 0 fully saturated rings. The van der Waals surface area contributed by atoms with Gasteiger partial charge in [-0.3, -0.25) is 0 Å². The minimum Gasteiger partial charge on any atom is -0.438 e. The first kappa shape index (κ1) is 14.3. The van der Waals surface area contributed by atoms with E-state index < -0.39 is 6.98 Å². The van der Waals surface area contributed by atoms with Crippen molar-refractivity contribution in [2.45, 2.75) is 6.92 Å². The van der Waals surface area contributed by atoms with Crippen LogP contribution in [0, 0.1) is 18.7 Å². The molecule has 0 aliphatic heterocycles. The molecule has 0 saturated heterocycles. The van der Waals surface area contributed by atoms with Crippen LogP contribution in [0.25, 0.3) is 0 Å². The second-order valence-electron chi connectivity index (χ2n) is 2.66. The van der Waals surface area contributed by atoms with Crippen LogP contribution in [0.1, 0.15) is 11.1 Å². The first-order valence-electron chi connectivity index (χ1n) is 3.77. The normalized spacial score (nSPS) is 9.71. The molecule has 68 valence electrons. The first-order chi connectivity index (χ1) is 5.99. The van der Waals surface area contributed by atoms with Gasteiger partial charge in [-0.25, -0.2) is 0 Å². The zero-order valence-corrected chi connectivity index (χ0v) is 11.1. The molecule has 0 saturated carbocycles. The van der Waals surface area contributed by atoms with Crippen LogP contribution in [0.3, 0.4) is 0 Å². The Morgan fingerprint density at radius 2 is 1.71 bits per heavy atom. The fourth-order valence-corrected chi connectivity index (χ4v) is 0.873. The summed E-state index contributed by atoms with van der Waals surface area (Å²) in [5.74, 6) is 3.40. The van der Waals surface area contributed by atoms with Crippen LogP contribution in [0.4, 0.5) is 12.9 Å². The van der Waals surface area contributed by atoms with Crippen LogP contribution in [-0.2, 0) is 0 Å². The summed E-state index contributed by atoms with van der Waals surface area (Å²) in [4.78, 5) is 0. The minimum absolute atomic E-state index is 0. The molecule has 0 unspecified atom stereocenters. The SMILES string of the molecule is Cc1ccccc1C#C[B-](F)(F)F.[K+]. The second kappa shape index (κ2) is 5.99. The number of halogens is 3. The van der Waals surface area contributed by atoms with Gasteiger partial charge in [-0.05, 0) is 18.6 Å². The molecule has 0 nitrogen and oxygen atoms in total. The van der Waals surface area contributed by atoms with E-state index in [0.717, 1.165) is 5.56 Å². The fraction of sp³-hybridized carbons (Fsp3) is 0.111. The third kappa shape index (κ3) is 5.23. The summed E-state index contributed by atoms with van der Waals surface area (Å²) >= 11 is 0. The van der Waals surface area contributed by atoms with E-state index in [0.29, 0.717) is 5.56 Å². The van der Waals surface area contributed by atoms with Gasteiger partial charge in [-0.15, -0.1) is 5.92 Å². The fourth-order valence-electron chi connectivity index (χ4n) is 0.873. The number of rotatable bonds is 0. The number of aryl methyl sites for hydroxylation is 1. The van der Waals surface area contributed by atoms with Gasteiger partial charge in [-0.2, -0.15) is 5.82 Å². The molecule has 0 aliphatic rings. The average Bonchev–Trinajstić information content (AvgIpc) is 2.01. The van der Waals surface area contributed by atoms with E-state index in [4.69, 9.17) is 0 Å². The predicted octanol–water partition coefficient (Wildman–Crippen LogP) is -0.263. The van der Waals surface area contributed by atoms with Crippen molar-refractivity contribution >= 4 is 6.98 Å². The van der Waals surface area contributed by atoms with Gasteiger partial charge in [0, 0.05) is 5.56 Å². The van der Waals surface area contributed by atoms with Gasteiger partial charge in [0.1, 0.15) is 0 Å². The molecule has 0 aliphatic carbocycles. The van der Waals surface area contributed by atoms with Crippen molar-refractivity contribution in [3.05, 3.63) is 35.4 Å². The van der Waals surface area contributed by atoms with Crippen molar-refractivity contribution in [2.75, 3.05) is 0 Å². The zero-order valence-electron chi connectivity index (χ0n) is 8.02. The van der Waals surface area contributed by atoms with E-state index in [2.05, 4.69) is 5.92 Å². The van der Waals surface area contributed by atoms with Crippen molar-refractivity contribution in [1.82, 2.24) is 0 Å². The predicted molar refractivity (Wildman–Crippen MR) is 47.1 cm³/mol. The molecular weight excluding hydrogens is 215 g/mol. The Morgan fingerprint density at radius 3 is 2.21 bits per heavy atom. The van der Waals surface area contributed by atoms with E-state index in [1.54, 1.807) is 31.2 Å². The Morgan fingerprint density at radius 1 is 1.14 bits per heavy atom. The Balaban J connectivity index is 0.00000169. The maximum Gasteiger partial charge on any atom is 1.00 e. The van der Waals surface area contributed by atoms with Gasteiger partial charge in [0.15, 0.2) is 0 Å². The molecular formula is C9H7BF3K. The number of hydrogen-bond acceptors (Lipinski definition) is 0. The largest absolute Gasteiger partial charge is 1.00 e. The van der Waals surface area contributed by atoms with Gasteiger partial charge < -0.3 is 12.9 Å². The van der Waals surface area contributed by atoms with Crippen molar-refractivity contribution in [3.8, 4) is 11.7 Å². The van der Waals surface area contributed by atoms with E-state index in [-0.39, 0.29) is 51.4 Å². The van der Waals surface area contributed by atoms with Crippen LogP contribution in [0.5, 0.6) is 0 Å². The van der Waals surface area contributed by atoms with E-state index in [1.807, 2.05) is 0 Å². The third-order valence-corrected chi connectivity index (χ3v) is 1.52. The van der Waals surface area contributed by atoms with Crippen molar-refractivity contribution < 1.29 is 64.3 Å². The summed E-state index contributed by atoms with van der Waals surface area (Å²) in [5, 5.41) is 0. The van der Waals surface area contributed by atoms with E-state index in [9.17, 15) is 12.9 Å². The van der Waals surface area contributed by atoms with Gasteiger partial charge >= 0.3 is 58.4 Å². The summed E-state index contributed by atoms with van der Waals surface area (Å²) in [6.45, 7) is -3.27. The van der Waals surface area contributed by atoms with Crippen molar-refractivity contribution in [3.63, 3.8) is 0 Å². The average molecular weight is 222 g/mol. The van der Waals surface area contributed by atoms with E-state index >= 15 is 0 Å². The van der Waals surface area contributed by atoms with Crippen LogP contribution >= 0.6 is 0 Å². The molecule has 1 aromatic rings. The first-order valence-corrected chi connectivity index (χ1v) is 3.77.